The molecule has 2 atom stereocenters. The minimum absolute atomic E-state index is 0.0460. The van der Waals surface area contributed by atoms with Gasteiger partial charge in [0.1, 0.15) is 17.1 Å². The number of phenols is 1. The molecule has 29 heavy (non-hydrogen) atoms. The Morgan fingerprint density at radius 1 is 1.17 bits per heavy atom. The summed E-state index contributed by atoms with van der Waals surface area (Å²) in [6, 6.07) is 5.66. The van der Waals surface area contributed by atoms with E-state index in [-0.39, 0.29) is 11.9 Å². The normalized spacial score (nSPS) is 19.1. The van der Waals surface area contributed by atoms with Crippen molar-refractivity contribution in [1.82, 2.24) is 0 Å². The zero-order valence-corrected chi connectivity index (χ0v) is 18.3. The fraction of sp³-hybridized carbons (Fsp3) is 0.458. The lowest BCUT2D eigenvalue weighted by Crippen LogP contribution is -2.41. The number of fused-ring (bicyclic) bond motifs is 1. The lowest BCUT2D eigenvalue weighted by Gasteiger charge is -2.42. The van der Waals surface area contributed by atoms with Gasteiger partial charge in [0, 0.05) is 18.4 Å². The highest BCUT2D eigenvalue weighted by Crippen LogP contribution is 2.47. The van der Waals surface area contributed by atoms with Crippen molar-refractivity contribution < 1.29 is 24.1 Å². The zero-order chi connectivity index (χ0) is 21.5. The van der Waals surface area contributed by atoms with Gasteiger partial charge in [0.05, 0.1) is 7.11 Å². The first-order valence-electron chi connectivity index (χ1n) is 9.96. The fourth-order valence-corrected chi connectivity index (χ4v) is 4.12. The molecule has 2 aromatic carbocycles. The number of esters is 1. The first-order chi connectivity index (χ1) is 13.6. The summed E-state index contributed by atoms with van der Waals surface area (Å²) in [6.45, 7) is 11.5. The van der Waals surface area contributed by atoms with Gasteiger partial charge in [0.15, 0.2) is 11.5 Å². The molecule has 0 radical (unpaired) electrons. The van der Waals surface area contributed by atoms with Gasteiger partial charge in [-0.3, -0.25) is 4.79 Å². The highest BCUT2D eigenvalue weighted by atomic mass is 16.6. The molecule has 0 fully saturated rings. The molecule has 1 N–H and O–H groups in total. The van der Waals surface area contributed by atoms with Gasteiger partial charge in [-0.25, -0.2) is 0 Å². The van der Waals surface area contributed by atoms with Gasteiger partial charge in [0.2, 0.25) is 0 Å². The van der Waals surface area contributed by atoms with Crippen molar-refractivity contribution in [3.05, 3.63) is 46.0 Å². The van der Waals surface area contributed by atoms with Gasteiger partial charge in [-0.05, 0) is 74.9 Å². The minimum Gasteiger partial charge on any atom is -0.507 e. The van der Waals surface area contributed by atoms with Crippen LogP contribution in [0.4, 0.5) is 0 Å². The van der Waals surface area contributed by atoms with Crippen molar-refractivity contribution in [2.75, 3.05) is 7.11 Å². The average Bonchev–Trinajstić information content (AvgIpc) is 2.69. The van der Waals surface area contributed by atoms with Crippen molar-refractivity contribution in [2.45, 2.75) is 65.9 Å². The highest BCUT2D eigenvalue weighted by Gasteiger charge is 2.40. The van der Waals surface area contributed by atoms with Crippen LogP contribution in [0.2, 0.25) is 0 Å². The number of rotatable bonds is 4. The molecular formula is C24H30O5. The van der Waals surface area contributed by atoms with E-state index in [4.69, 9.17) is 14.2 Å². The SMILES string of the molecule is COc1ccc(C(C)C2(C)CCc3c(C)c(O)c(C)c(C)c3O2)cc1OC(C)=O. The number of hydrogen-bond donors (Lipinski definition) is 1. The van der Waals surface area contributed by atoms with E-state index < -0.39 is 5.60 Å². The van der Waals surface area contributed by atoms with Gasteiger partial charge in [0.25, 0.3) is 0 Å². The summed E-state index contributed by atoms with van der Waals surface area (Å²) in [5, 5.41) is 10.4. The van der Waals surface area contributed by atoms with Crippen molar-refractivity contribution in [2.24, 2.45) is 0 Å². The Morgan fingerprint density at radius 3 is 2.48 bits per heavy atom. The summed E-state index contributed by atoms with van der Waals surface area (Å²) in [7, 11) is 1.55. The molecule has 0 bridgehead atoms. The number of benzene rings is 2. The summed E-state index contributed by atoms with van der Waals surface area (Å²) in [5.41, 5.74) is 4.41. The topological polar surface area (TPSA) is 65.0 Å². The second-order valence-electron chi connectivity index (χ2n) is 8.17. The number of carbonyl (C=O) groups is 1. The maximum atomic E-state index is 11.5. The maximum absolute atomic E-state index is 11.5. The average molecular weight is 398 g/mol. The summed E-state index contributed by atoms with van der Waals surface area (Å²) in [5.74, 6) is 1.84. The van der Waals surface area contributed by atoms with E-state index in [0.717, 1.165) is 46.4 Å². The van der Waals surface area contributed by atoms with Crippen molar-refractivity contribution in [3.8, 4) is 23.0 Å². The number of methoxy groups -OCH3 is 1. The molecule has 5 nitrogen and oxygen atoms in total. The fourth-order valence-electron chi connectivity index (χ4n) is 4.12. The molecule has 2 unspecified atom stereocenters. The third kappa shape index (κ3) is 3.66. The second kappa shape index (κ2) is 7.62. The largest absolute Gasteiger partial charge is 0.507 e. The Balaban J connectivity index is 1.99. The van der Waals surface area contributed by atoms with Crippen LogP contribution in [-0.2, 0) is 11.2 Å². The van der Waals surface area contributed by atoms with Crippen LogP contribution in [0.3, 0.4) is 0 Å². The number of carbonyl (C=O) groups excluding carboxylic acids is 1. The first kappa shape index (κ1) is 21.0. The number of ether oxygens (including phenoxy) is 3. The van der Waals surface area contributed by atoms with Crippen molar-refractivity contribution in [1.29, 1.82) is 0 Å². The van der Waals surface area contributed by atoms with E-state index in [1.807, 2.05) is 39.0 Å². The van der Waals surface area contributed by atoms with Crippen LogP contribution in [0, 0.1) is 20.8 Å². The van der Waals surface area contributed by atoms with E-state index in [9.17, 15) is 9.90 Å². The van der Waals surface area contributed by atoms with Crippen LogP contribution in [0.15, 0.2) is 18.2 Å². The number of hydrogen-bond acceptors (Lipinski definition) is 5. The van der Waals surface area contributed by atoms with Crippen molar-refractivity contribution in [3.63, 3.8) is 0 Å². The molecule has 156 valence electrons. The first-order valence-corrected chi connectivity index (χ1v) is 9.96. The smallest absolute Gasteiger partial charge is 0.308 e. The maximum Gasteiger partial charge on any atom is 0.308 e. The molecule has 3 rings (SSSR count). The summed E-state index contributed by atoms with van der Waals surface area (Å²) in [4.78, 5) is 11.5. The molecule has 0 spiro atoms. The van der Waals surface area contributed by atoms with Gasteiger partial charge in [-0.15, -0.1) is 0 Å². The molecular weight excluding hydrogens is 368 g/mol. The number of aromatic hydroxyl groups is 1. The standard InChI is InChI=1S/C24H30O5/c1-13-14(2)23-19(15(3)22(13)26)10-11-24(6,29-23)16(4)18-8-9-20(27-7)21(12-18)28-17(5)25/h8-9,12,16,26H,10-11H2,1-7H3. The van der Waals surface area contributed by atoms with E-state index >= 15 is 0 Å². The lowest BCUT2D eigenvalue weighted by atomic mass is 9.77. The summed E-state index contributed by atoms with van der Waals surface area (Å²) in [6.07, 6.45) is 1.66. The Hall–Kier alpha value is -2.69. The second-order valence-corrected chi connectivity index (χ2v) is 8.17. The third-order valence-corrected chi connectivity index (χ3v) is 6.40. The Kier molecular flexibility index (Phi) is 5.52. The van der Waals surface area contributed by atoms with Crippen LogP contribution in [0.25, 0.3) is 0 Å². The molecule has 0 saturated heterocycles. The van der Waals surface area contributed by atoms with Crippen LogP contribution < -0.4 is 14.2 Å². The Bertz CT molecular complexity index is 962. The molecule has 0 aromatic heterocycles. The van der Waals surface area contributed by atoms with Crippen LogP contribution in [0.1, 0.15) is 60.9 Å². The van der Waals surface area contributed by atoms with Gasteiger partial charge >= 0.3 is 5.97 Å². The summed E-state index contributed by atoms with van der Waals surface area (Å²) >= 11 is 0. The van der Waals surface area contributed by atoms with Gasteiger partial charge in [-0.2, -0.15) is 0 Å². The van der Waals surface area contributed by atoms with E-state index in [2.05, 4.69) is 13.8 Å². The highest BCUT2D eigenvalue weighted by molar-refractivity contribution is 5.70. The van der Waals surface area contributed by atoms with Gasteiger partial charge < -0.3 is 19.3 Å². The molecule has 0 amide bonds. The monoisotopic (exact) mass is 398 g/mol. The van der Waals surface area contributed by atoms with Crippen LogP contribution in [0.5, 0.6) is 23.0 Å². The Morgan fingerprint density at radius 2 is 1.86 bits per heavy atom. The summed E-state index contributed by atoms with van der Waals surface area (Å²) < 4.78 is 17.3. The van der Waals surface area contributed by atoms with Crippen LogP contribution >= 0.6 is 0 Å². The van der Waals surface area contributed by atoms with E-state index in [0.29, 0.717) is 17.2 Å². The Labute approximate surface area is 172 Å². The molecule has 1 aliphatic rings. The van der Waals surface area contributed by atoms with Crippen molar-refractivity contribution >= 4 is 5.97 Å². The van der Waals surface area contributed by atoms with Gasteiger partial charge in [-0.1, -0.05) is 13.0 Å². The molecule has 0 saturated carbocycles. The molecule has 2 aromatic rings. The lowest BCUT2D eigenvalue weighted by molar-refractivity contribution is -0.132. The quantitative estimate of drug-likeness (QED) is 0.571. The van der Waals surface area contributed by atoms with E-state index in [1.54, 1.807) is 7.11 Å². The molecule has 1 aliphatic heterocycles. The predicted octanol–water partition coefficient (Wildman–Crippen LogP) is 5.14. The molecule has 5 heteroatoms. The third-order valence-electron chi connectivity index (χ3n) is 6.40. The molecule has 0 aliphatic carbocycles. The minimum atomic E-state index is -0.435. The predicted molar refractivity (Wildman–Crippen MR) is 112 cm³/mol. The van der Waals surface area contributed by atoms with Crippen LogP contribution in [-0.4, -0.2) is 23.8 Å². The zero-order valence-electron chi connectivity index (χ0n) is 18.3. The molecule has 1 heterocycles. The number of phenolic OH excluding ortho intramolecular Hbond substituents is 1. The van der Waals surface area contributed by atoms with E-state index in [1.165, 1.54) is 6.92 Å².